The molecule has 24 heavy (non-hydrogen) atoms. The summed E-state index contributed by atoms with van der Waals surface area (Å²) >= 11 is 3.40. The van der Waals surface area contributed by atoms with Crippen molar-refractivity contribution >= 4 is 51.2 Å². The second kappa shape index (κ2) is 8.15. The van der Waals surface area contributed by atoms with E-state index in [-0.39, 0.29) is 11.5 Å². The number of allylic oxidation sites excluding steroid dienone is 1. The first-order valence-corrected chi connectivity index (χ1v) is 9.47. The molecule has 1 heterocycles. The van der Waals surface area contributed by atoms with Crippen molar-refractivity contribution in [3.05, 3.63) is 44.3 Å². The molecule has 5 nitrogen and oxygen atoms in total. The second-order valence-electron chi connectivity index (χ2n) is 5.42. The molecule has 0 unspecified atom stereocenters. The molecule has 128 valence electrons. The van der Waals surface area contributed by atoms with Crippen molar-refractivity contribution < 1.29 is 9.53 Å². The Morgan fingerprint density at radius 1 is 1.50 bits per heavy atom. The molecule has 0 fully saturated rings. The van der Waals surface area contributed by atoms with Gasteiger partial charge in [0, 0.05) is 10.1 Å². The number of nitrogens with zero attached hydrogens (tertiary/aromatic N) is 2. The van der Waals surface area contributed by atoms with E-state index in [4.69, 9.17) is 4.74 Å². The zero-order valence-corrected chi connectivity index (χ0v) is 16.8. The van der Waals surface area contributed by atoms with Gasteiger partial charge in [-0.3, -0.25) is 14.2 Å². The number of carbonyl (C=O) groups excluding carboxylic acids is 1. The molecule has 1 aromatic carbocycles. The van der Waals surface area contributed by atoms with Gasteiger partial charge < -0.3 is 4.74 Å². The van der Waals surface area contributed by atoms with Gasteiger partial charge in [-0.05, 0) is 61.6 Å². The fourth-order valence-electron chi connectivity index (χ4n) is 2.14. The van der Waals surface area contributed by atoms with Gasteiger partial charge in [0.25, 0.3) is 5.56 Å². The van der Waals surface area contributed by atoms with Crippen molar-refractivity contribution in [1.29, 1.82) is 0 Å². The van der Waals surface area contributed by atoms with Crippen molar-refractivity contribution in [3.8, 4) is 0 Å². The van der Waals surface area contributed by atoms with Gasteiger partial charge >= 0.3 is 5.97 Å². The molecular weight excluding hydrogens is 439 g/mol. The molecule has 0 bridgehead atoms. The Morgan fingerprint density at radius 2 is 2.21 bits per heavy atom. The van der Waals surface area contributed by atoms with Crippen LogP contribution in [0, 0.1) is 3.57 Å². The van der Waals surface area contributed by atoms with E-state index in [1.165, 1.54) is 11.8 Å². The number of halogens is 1. The SMILES string of the molecule is C=C(C)Cn1c(S[C@H](C)C(=O)OCC)nc2ccc(I)cc2c1=O. The quantitative estimate of drug-likeness (QED) is 0.218. The highest BCUT2D eigenvalue weighted by atomic mass is 127. The third-order valence-corrected chi connectivity index (χ3v) is 4.95. The van der Waals surface area contributed by atoms with Gasteiger partial charge in [-0.25, -0.2) is 4.98 Å². The lowest BCUT2D eigenvalue weighted by Gasteiger charge is -2.15. The predicted molar refractivity (Wildman–Crippen MR) is 105 cm³/mol. The minimum Gasteiger partial charge on any atom is -0.465 e. The lowest BCUT2D eigenvalue weighted by Crippen LogP contribution is -2.26. The lowest BCUT2D eigenvalue weighted by atomic mass is 10.2. The molecule has 0 radical (unpaired) electrons. The summed E-state index contributed by atoms with van der Waals surface area (Å²) in [5.41, 5.74) is 1.34. The number of aromatic nitrogens is 2. The second-order valence-corrected chi connectivity index (χ2v) is 7.97. The Balaban J connectivity index is 2.54. The van der Waals surface area contributed by atoms with Crippen molar-refractivity contribution in [2.24, 2.45) is 0 Å². The van der Waals surface area contributed by atoms with Crippen LogP contribution < -0.4 is 5.56 Å². The van der Waals surface area contributed by atoms with E-state index < -0.39 is 5.25 Å². The van der Waals surface area contributed by atoms with Gasteiger partial charge in [0.2, 0.25) is 0 Å². The molecule has 1 atom stereocenters. The van der Waals surface area contributed by atoms with Gasteiger partial charge in [0.05, 0.1) is 17.5 Å². The fourth-order valence-corrected chi connectivity index (χ4v) is 3.54. The Bertz CT molecular complexity index is 848. The molecule has 2 aromatic rings. The van der Waals surface area contributed by atoms with Crippen molar-refractivity contribution in [2.75, 3.05) is 6.61 Å². The highest BCUT2D eigenvalue weighted by molar-refractivity contribution is 14.1. The molecule has 0 aliphatic rings. The fraction of sp³-hybridized carbons (Fsp3) is 0.353. The van der Waals surface area contributed by atoms with E-state index in [2.05, 4.69) is 34.2 Å². The molecule has 7 heteroatoms. The van der Waals surface area contributed by atoms with Crippen molar-refractivity contribution in [2.45, 2.75) is 37.7 Å². The maximum absolute atomic E-state index is 12.9. The van der Waals surface area contributed by atoms with Gasteiger partial charge in [0.1, 0.15) is 5.25 Å². The molecule has 1 aromatic heterocycles. The number of ether oxygens (including phenoxy) is 1. The minimum absolute atomic E-state index is 0.125. The summed E-state index contributed by atoms with van der Waals surface area (Å²) in [6.07, 6.45) is 0. The number of hydrogen-bond acceptors (Lipinski definition) is 5. The first-order valence-electron chi connectivity index (χ1n) is 7.51. The molecule has 0 saturated carbocycles. The normalized spacial score (nSPS) is 12.2. The largest absolute Gasteiger partial charge is 0.465 e. The van der Waals surface area contributed by atoms with Crippen LogP contribution >= 0.6 is 34.4 Å². The van der Waals surface area contributed by atoms with E-state index in [1.807, 2.05) is 25.1 Å². The Labute approximate surface area is 158 Å². The number of carbonyl (C=O) groups is 1. The van der Waals surface area contributed by atoms with Crippen LogP contribution in [-0.2, 0) is 16.1 Å². The van der Waals surface area contributed by atoms with E-state index in [0.717, 1.165) is 9.14 Å². The molecule has 0 spiro atoms. The monoisotopic (exact) mass is 458 g/mol. The van der Waals surface area contributed by atoms with Crippen LogP contribution in [0.3, 0.4) is 0 Å². The van der Waals surface area contributed by atoms with Crippen LogP contribution in [0.1, 0.15) is 20.8 Å². The number of hydrogen-bond donors (Lipinski definition) is 0. The molecule has 0 N–H and O–H groups in total. The summed E-state index contributed by atoms with van der Waals surface area (Å²) in [4.78, 5) is 29.3. The maximum Gasteiger partial charge on any atom is 0.319 e. The van der Waals surface area contributed by atoms with Crippen LogP contribution in [0.4, 0.5) is 0 Å². The summed E-state index contributed by atoms with van der Waals surface area (Å²) in [5, 5.41) is 0.614. The average molecular weight is 458 g/mol. The third kappa shape index (κ3) is 4.38. The number of esters is 1. The Morgan fingerprint density at radius 3 is 2.83 bits per heavy atom. The van der Waals surface area contributed by atoms with E-state index in [9.17, 15) is 9.59 Å². The summed E-state index contributed by atoms with van der Waals surface area (Å²) in [6.45, 7) is 9.95. The predicted octanol–water partition coefficient (Wildman–Crippen LogP) is 3.62. The van der Waals surface area contributed by atoms with Crippen molar-refractivity contribution in [3.63, 3.8) is 0 Å². The molecule has 0 aliphatic carbocycles. The molecule has 0 amide bonds. The number of benzene rings is 1. The Hall–Kier alpha value is -1.35. The smallest absolute Gasteiger partial charge is 0.319 e. The standard InChI is InChI=1S/C17H19IN2O3S/c1-5-23-16(22)11(4)24-17-19-14-7-6-12(18)8-13(14)15(21)20(17)9-10(2)3/h6-8,11H,2,5,9H2,1,3-4H3/t11-/m1/s1. The zero-order valence-electron chi connectivity index (χ0n) is 13.8. The number of fused-ring (bicyclic) bond motifs is 1. The highest BCUT2D eigenvalue weighted by Gasteiger charge is 2.20. The first-order chi connectivity index (χ1) is 11.3. The lowest BCUT2D eigenvalue weighted by molar-refractivity contribution is -0.142. The van der Waals surface area contributed by atoms with Gasteiger partial charge in [-0.2, -0.15) is 0 Å². The summed E-state index contributed by atoms with van der Waals surface area (Å²) < 4.78 is 7.58. The van der Waals surface area contributed by atoms with Gasteiger partial charge in [-0.15, -0.1) is 0 Å². The zero-order chi connectivity index (χ0) is 17.9. The van der Waals surface area contributed by atoms with Crippen LogP contribution in [0.25, 0.3) is 10.9 Å². The highest BCUT2D eigenvalue weighted by Crippen LogP contribution is 2.24. The van der Waals surface area contributed by atoms with Crippen LogP contribution in [0.15, 0.2) is 40.3 Å². The Kier molecular flexibility index (Phi) is 6.45. The summed E-state index contributed by atoms with van der Waals surface area (Å²) in [5.74, 6) is -0.318. The molecule has 2 rings (SSSR count). The van der Waals surface area contributed by atoms with Gasteiger partial charge in [0.15, 0.2) is 5.16 Å². The number of rotatable bonds is 6. The van der Waals surface area contributed by atoms with E-state index in [0.29, 0.717) is 29.2 Å². The van der Waals surface area contributed by atoms with E-state index in [1.54, 1.807) is 18.4 Å². The van der Waals surface area contributed by atoms with Crippen LogP contribution in [0.2, 0.25) is 0 Å². The minimum atomic E-state index is -0.450. The van der Waals surface area contributed by atoms with Crippen LogP contribution in [-0.4, -0.2) is 27.4 Å². The molecule has 0 aliphatic heterocycles. The van der Waals surface area contributed by atoms with Gasteiger partial charge in [-0.1, -0.05) is 23.9 Å². The average Bonchev–Trinajstić information content (AvgIpc) is 2.51. The molecular formula is C17H19IN2O3S. The van der Waals surface area contributed by atoms with Crippen LogP contribution in [0.5, 0.6) is 0 Å². The molecule has 0 saturated heterocycles. The summed E-state index contributed by atoms with van der Waals surface area (Å²) in [7, 11) is 0. The summed E-state index contributed by atoms with van der Waals surface area (Å²) in [6, 6.07) is 5.55. The van der Waals surface area contributed by atoms with Crippen molar-refractivity contribution in [1.82, 2.24) is 9.55 Å². The topological polar surface area (TPSA) is 61.2 Å². The number of thioether (sulfide) groups is 1. The first kappa shape index (κ1) is 19.0. The third-order valence-electron chi connectivity index (χ3n) is 3.21. The maximum atomic E-state index is 12.9. The van der Waals surface area contributed by atoms with E-state index >= 15 is 0 Å².